The molecule has 1 rings (SSSR count). The van der Waals surface area contributed by atoms with E-state index in [4.69, 9.17) is 0 Å². The molecule has 0 aromatic rings. The lowest BCUT2D eigenvalue weighted by Crippen LogP contribution is -2.24. The molecule has 0 saturated carbocycles. The molecule has 1 saturated heterocycles. The van der Waals surface area contributed by atoms with E-state index in [1.165, 1.54) is 0 Å². The minimum Gasteiger partial charge on any atom is -0.353 e. The minimum absolute atomic E-state index is 0.204. The van der Waals surface area contributed by atoms with Crippen molar-refractivity contribution in [2.75, 3.05) is 0 Å². The second-order valence-corrected chi connectivity index (χ2v) is 2.95. The van der Waals surface area contributed by atoms with Gasteiger partial charge in [-0.15, -0.1) is 0 Å². The Morgan fingerprint density at radius 3 is 2.00 bits per heavy atom. The molecular formula is C7H13NO. The summed E-state index contributed by atoms with van der Waals surface area (Å²) in [6.45, 7) is 6.13. The predicted octanol–water partition coefficient (Wildman–Crippen LogP) is 0.777. The van der Waals surface area contributed by atoms with E-state index in [0.717, 1.165) is 0 Å². The van der Waals surface area contributed by atoms with Crippen LogP contribution in [0.1, 0.15) is 20.8 Å². The van der Waals surface area contributed by atoms with E-state index in [9.17, 15) is 4.79 Å². The summed E-state index contributed by atoms with van der Waals surface area (Å²) in [5, 5.41) is 2.88. The summed E-state index contributed by atoms with van der Waals surface area (Å²) in [4.78, 5) is 10.9. The lowest BCUT2D eigenvalue weighted by Gasteiger charge is -2.08. The summed E-state index contributed by atoms with van der Waals surface area (Å²) in [6.07, 6.45) is 0. The summed E-state index contributed by atoms with van der Waals surface area (Å²) < 4.78 is 0. The number of carbonyl (C=O) groups is 1. The average Bonchev–Trinajstić information content (AvgIpc) is 1.98. The molecule has 0 aliphatic carbocycles. The predicted molar refractivity (Wildman–Crippen MR) is 35.9 cm³/mol. The second-order valence-electron chi connectivity index (χ2n) is 2.95. The van der Waals surface area contributed by atoms with E-state index in [1.54, 1.807) is 0 Å². The van der Waals surface area contributed by atoms with E-state index in [1.807, 2.05) is 13.8 Å². The number of rotatable bonds is 0. The maximum absolute atomic E-state index is 10.9. The van der Waals surface area contributed by atoms with Gasteiger partial charge in [0.05, 0.1) is 0 Å². The van der Waals surface area contributed by atoms with E-state index in [-0.39, 0.29) is 11.8 Å². The number of nitrogens with one attached hydrogen (secondary N) is 1. The molecule has 1 N–H and O–H groups in total. The van der Waals surface area contributed by atoms with Crippen molar-refractivity contribution in [1.29, 1.82) is 0 Å². The van der Waals surface area contributed by atoms with Gasteiger partial charge in [0.15, 0.2) is 0 Å². The van der Waals surface area contributed by atoms with Crippen molar-refractivity contribution in [2.45, 2.75) is 26.8 Å². The van der Waals surface area contributed by atoms with Crippen LogP contribution in [0.25, 0.3) is 0 Å². The third-order valence-electron chi connectivity index (χ3n) is 2.36. The fourth-order valence-electron chi connectivity index (χ4n) is 1.16. The summed E-state index contributed by atoms with van der Waals surface area (Å²) in [5.41, 5.74) is 0. The Balaban J connectivity index is 2.65. The summed E-state index contributed by atoms with van der Waals surface area (Å²) in [5.74, 6) is 0.910. The van der Waals surface area contributed by atoms with Gasteiger partial charge in [-0.1, -0.05) is 13.8 Å². The third-order valence-corrected chi connectivity index (χ3v) is 2.36. The van der Waals surface area contributed by atoms with Crippen molar-refractivity contribution >= 4 is 5.91 Å². The SMILES string of the molecule is CC1NC(=O)[C@H](C)[C@H]1C. The van der Waals surface area contributed by atoms with Crippen molar-refractivity contribution in [2.24, 2.45) is 11.8 Å². The zero-order valence-electron chi connectivity index (χ0n) is 6.14. The van der Waals surface area contributed by atoms with Crippen molar-refractivity contribution in [3.8, 4) is 0 Å². The van der Waals surface area contributed by atoms with Gasteiger partial charge in [-0.05, 0) is 12.8 Å². The average molecular weight is 127 g/mol. The molecule has 1 unspecified atom stereocenters. The van der Waals surface area contributed by atoms with Gasteiger partial charge in [-0.2, -0.15) is 0 Å². The zero-order valence-corrected chi connectivity index (χ0v) is 6.14. The molecule has 9 heavy (non-hydrogen) atoms. The lowest BCUT2D eigenvalue weighted by atomic mass is 9.95. The molecule has 0 aromatic heterocycles. The topological polar surface area (TPSA) is 29.1 Å². The van der Waals surface area contributed by atoms with Crippen LogP contribution in [-0.2, 0) is 4.79 Å². The number of hydrogen-bond acceptors (Lipinski definition) is 1. The fraction of sp³-hybridized carbons (Fsp3) is 0.857. The molecule has 3 atom stereocenters. The van der Waals surface area contributed by atoms with Crippen LogP contribution in [0.4, 0.5) is 0 Å². The first-order chi connectivity index (χ1) is 4.13. The molecule has 0 radical (unpaired) electrons. The molecule has 52 valence electrons. The van der Waals surface area contributed by atoms with Gasteiger partial charge in [0, 0.05) is 12.0 Å². The summed E-state index contributed by atoms with van der Waals surface area (Å²) >= 11 is 0. The minimum atomic E-state index is 0.204. The van der Waals surface area contributed by atoms with E-state index in [0.29, 0.717) is 12.0 Å². The first-order valence-electron chi connectivity index (χ1n) is 3.43. The Bertz CT molecular complexity index is 133. The normalized spacial score (nSPS) is 43.0. The Hall–Kier alpha value is -0.530. The number of hydrogen-bond donors (Lipinski definition) is 1. The maximum Gasteiger partial charge on any atom is 0.223 e. The number of amides is 1. The van der Waals surface area contributed by atoms with Crippen LogP contribution in [0.3, 0.4) is 0 Å². The molecule has 0 bridgehead atoms. The van der Waals surface area contributed by atoms with Gasteiger partial charge in [0.2, 0.25) is 5.91 Å². The lowest BCUT2D eigenvalue weighted by molar-refractivity contribution is -0.122. The van der Waals surface area contributed by atoms with Gasteiger partial charge in [-0.25, -0.2) is 0 Å². The highest BCUT2D eigenvalue weighted by atomic mass is 16.2. The third kappa shape index (κ3) is 0.934. The Kier molecular flexibility index (Phi) is 1.47. The largest absolute Gasteiger partial charge is 0.353 e. The van der Waals surface area contributed by atoms with Gasteiger partial charge >= 0.3 is 0 Å². The van der Waals surface area contributed by atoms with Crippen LogP contribution < -0.4 is 5.32 Å². The van der Waals surface area contributed by atoms with Crippen LogP contribution in [-0.4, -0.2) is 11.9 Å². The summed E-state index contributed by atoms with van der Waals surface area (Å²) in [6, 6.07) is 0.368. The van der Waals surface area contributed by atoms with E-state index < -0.39 is 0 Å². The molecule has 1 amide bonds. The first-order valence-corrected chi connectivity index (χ1v) is 3.43. The highest BCUT2D eigenvalue weighted by Crippen LogP contribution is 2.21. The zero-order chi connectivity index (χ0) is 7.02. The van der Waals surface area contributed by atoms with E-state index in [2.05, 4.69) is 12.2 Å². The Morgan fingerprint density at radius 2 is 1.89 bits per heavy atom. The molecule has 1 aliphatic rings. The molecule has 2 nitrogen and oxygen atoms in total. The molecule has 1 aliphatic heterocycles. The molecule has 2 heteroatoms. The molecule has 1 heterocycles. The highest BCUT2D eigenvalue weighted by Gasteiger charge is 2.32. The van der Waals surface area contributed by atoms with Gasteiger partial charge in [0.25, 0.3) is 0 Å². The number of carbonyl (C=O) groups excluding carboxylic acids is 1. The van der Waals surface area contributed by atoms with E-state index >= 15 is 0 Å². The van der Waals surface area contributed by atoms with Crippen molar-refractivity contribution < 1.29 is 4.79 Å². The summed E-state index contributed by atoms with van der Waals surface area (Å²) in [7, 11) is 0. The van der Waals surface area contributed by atoms with Crippen LogP contribution >= 0.6 is 0 Å². The Labute approximate surface area is 55.6 Å². The van der Waals surface area contributed by atoms with Crippen LogP contribution in [0.2, 0.25) is 0 Å². The van der Waals surface area contributed by atoms with Crippen LogP contribution in [0, 0.1) is 11.8 Å². The molecule has 0 aromatic carbocycles. The standard InChI is InChI=1S/C7H13NO/c1-4-5(2)7(9)8-6(4)3/h4-6H,1-3H3,(H,8,9)/t4-,5-,6?/m1/s1. The van der Waals surface area contributed by atoms with Crippen molar-refractivity contribution in [3.05, 3.63) is 0 Å². The highest BCUT2D eigenvalue weighted by molar-refractivity contribution is 5.81. The van der Waals surface area contributed by atoms with Gasteiger partial charge < -0.3 is 5.32 Å². The quantitative estimate of drug-likeness (QED) is 0.512. The fourth-order valence-corrected chi connectivity index (χ4v) is 1.16. The first kappa shape index (κ1) is 6.59. The van der Waals surface area contributed by atoms with Crippen LogP contribution in [0.15, 0.2) is 0 Å². The van der Waals surface area contributed by atoms with Crippen molar-refractivity contribution in [1.82, 2.24) is 5.32 Å². The van der Waals surface area contributed by atoms with Crippen LogP contribution in [0.5, 0.6) is 0 Å². The monoisotopic (exact) mass is 127 g/mol. The second kappa shape index (κ2) is 2.01. The molecule has 1 fully saturated rings. The Morgan fingerprint density at radius 1 is 1.33 bits per heavy atom. The molecule has 0 spiro atoms. The maximum atomic E-state index is 10.9. The van der Waals surface area contributed by atoms with Crippen molar-refractivity contribution in [3.63, 3.8) is 0 Å². The van der Waals surface area contributed by atoms with Gasteiger partial charge in [0.1, 0.15) is 0 Å². The smallest absolute Gasteiger partial charge is 0.223 e. The molecular weight excluding hydrogens is 114 g/mol. The van der Waals surface area contributed by atoms with Gasteiger partial charge in [-0.3, -0.25) is 4.79 Å².